The number of aromatic nitrogens is 2. The van der Waals surface area contributed by atoms with E-state index in [-0.39, 0.29) is 5.97 Å². The molecule has 1 aromatic heterocycles. The maximum atomic E-state index is 11.2. The van der Waals surface area contributed by atoms with Crippen LogP contribution in [0.25, 0.3) is 0 Å². The fourth-order valence-corrected chi connectivity index (χ4v) is 2.05. The molecule has 0 unspecified atom stereocenters. The second-order valence-corrected chi connectivity index (χ2v) is 4.58. The van der Waals surface area contributed by atoms with E-state index in [0.717, 1.165) is 44.1 Å². The molecule has 1 aromatic rings. The van der Waals surface area contributed by atoms with Crippen LogP contribution in [0.4, 0.5) is 5.95 Å². The van der Waals surface area contributed by atoms with E-state index in [4.69, 9.17) is 0 Å². The molecular weight excluding hydrogens is 244 g/mol. The lowest BCUT2D eigenvalue weighted by molar-refractivity contribution is -0.142. The van der Waals surface area contributed by atoms with Crippen LogP contribution >= 0.6 is 0 Å². The SMILES string of the molecule is CCc1cnc(N2CCN(CC(=O)OC)CC2)nc1. The topological polar surface area (TPSA) is 58.6 Å². The highest BCUT2D eigenvalue weighted by molar-refractivity contribution is 5.71. The third kappa shape index (κ3) is 3.64. The highest BCUT2D eigenvalue weighted by Crippen LogP contribution is 2.11. The Bertz CT molecular complexity index is 413. The highest BCUT2D eigenvalue weighted by atomic mass is 16.5. The molecule has 0 aromatic carbocycles. The van der Waals surface area contributed by atoms with Crippen LogP contribution < -0.4 is 4.90 Å². The van der Waals surface area contributed by atoms with Gasteiger partial charge in [0.1, 0.15) is 0 Å². The molecule has 0 N–H and O–H groups in total. The van der Waals surface area contributed by atoms with E-state index in [2.05, 4.69) is 31.4 Å². The number of hydrogen-bond donors (Lipinski definition) is 0. The van der Waals surface area contributed by atoms with Gasteiger partial charge in [-0.1, -0.05) is 6.92 Å². The van der Waals surface area contributed by atoms with Gasteiger partial charge in [-0.05, 0) is 12.0 Å². The van der Waals surface area contributed by atoms with Crippen LogP contribution in [0.5, 0.6) is 0 Å². The Morgan fingerprint density at radius 3 is 2.42 bits per heavy atom. The Morgan fingerprint density at radius 2 is 1.89 bits per heavy atom. The number of anilines is 1. The van der Waals surface area contributed by atoms with Crippen molar-refractivity contribution in [3.63, 3.8) is 0 Å². The summed E-state index contributed by atoms with van der Waals surface area (Å²) < 4.78 is 4.67. The van der Waals surface area contributed by atoms with Gasteiger partial charge >= 0.3 is 5.97 Å². The summed E-state index contributed by atoms with van der Waals surface area (Å²) in [5, 5.41) is 0. The second-order valence-electron chi connectivity index (χ2n) is 4.58. The fraction of sp³-hybridized carbons (Fsp3) is 0.615. The summed E-state index contributed by atoms with van der Waals surface area (Å²) >= 11 is 0. The molecule has 2 rings (SSSR count). The first-order chi connectivity index (χ1) is 9.22. The number of methoxy groups -OCH3 is 1. The molecule has 1 aliphatic heterocycles. The molecule has 19 heavy (non-hydrogen) atoms. The first-order valence-electron chi connectivity index (χ1n) is 6.58. The van der Waals surface area contributed by atoms with E-state index in [0.29, 0.717) is 6.54 Å². The van der Waals surface area contributed by atoms with Gasteiger partial charge in [-0.3, -0.25) is 9.69 Å². The van der Waals surface area contributed by atoms with E-state index in [1.165, 1.54) is 7.11 Å². The predicted molar refractivity (Wildman–Crippen MR) is 72.1 cm³/mol. The molecule has 104 valence electrons. The average molecular weight is 264 g/mol. The molecule has 1 saturated heterocycles. The third-order valence-corrected chi connectivity index (χ3v) is 3.34. The maximum Gasteiger partial charge on any atom is 0.319 e. The smallest absolute Gasteiger partial charge is 0.319 e. The van der Waals surface area contributed by atoms with E-state index in [1.807, 2.05) is 12.4 Å². The minimum absolute atomic E-state index is 0.183. The number of piperazine rings is 1. The van der Waals surface area contributed by atoms with Crippen LogP contribution in [0.2, 0.25) is 0 Å². The van der Waals surface area contributed by atoms with Crippen molar-refractivity contribution in [1.29, 1.82) is 0 Å². The van der Waals surface area contributed by atoms with Crippen molar-refractivity contribution in [2.45, 2.75) is 13.3 Å². The minimum atomic E-state index is -0.183. The number of carbonyl (C=O) groups is 1. The molecule has 0 bridgehead atoms. The Kier molecular flexibility index (Phi) is 4.68. The van der Waals surface area contributed by atoms with Gasteiger partial charge < -0.3 is 9.64 Å². The van der Waals surface area contributed by atoms with Gasteiger partial charge in [-0.2, -0.15) is 0 Å². The largest absolute Gasteiger partial charge is 0.468 e. The lowest BCUT2D eigenvalue weighted by Crippen LogP contribution is -2.48. The summed E-state index contributed by atoms with van der Waals surface area (Å²) in [6, 6.07) is 0. The van der Waals surface area contributed by atoms with Crippen molar-refractivity contribution in [3.8, 4) is 0 Å². The average Bonchev–Trinajstić information content (AvgIpc) is 2.48. The van der Waals surface area contributed by atoms with Gasteiger partial charge in [-0.25, -0.2) is 9.97 Å². The lowest BCUT2D eigenvalue weighted by Gasteiger charge is -2.33. The molecule has 0 saturated carbocycles. The maximum absolute atomic E-state index is 11.2. The molecule has 6 nitrogen and oxygen atoms in total. The first kappa shape index (κ1) is 13.7. The summed E-state index contributed by atoms with van der Waals surface area (Å²) in [6.07, 6.45) is 4.71. The zero-order chi connectivity index (χ0) is 13.7. The minimum Gasteiger partial charge on any atom is -0.468 e. The number of ether oxygens (including phenoxy) is 1. The van der Waals surface area contributed by atoms with E-state index in [9.17, 15) is 4.79 Å². The summed E-state index contributed by atoms with van der Waals surface area (Å²) in [5.74, 6) is 0.590. The molecule has 0 radical (unpaired) electrons. The molecule has 1 fully saturated rings. The molecule has 0 aliphatic carbocycles. The molecule has 0 spiro atoms. The van der Waals surface area contributed by atoms with Crippen LogP contribution in [-0.2, 0) is 16.0 Å². The molecule has 0 atom stereocenters. The molecule has 0 amide bonds. The summed E-state index contributed by atoms with van der Waals surface area (Å²) in [7, 11) is 1.42. The summed E-state index contributed by atoms with van der Waals surface area (Å²) in [4.78, 5) is 24.2. The first-order valence-corrected chi connectivity index (χ1v) is 6.58. The van der Waals surface area contributed by atoms with Gasteiger partial charge in [0.15, 0.2) is 0 Å². The van der Waals surface area contributed by atoms with Gasteiger partial charge in [0.2, 0.25) is 5.95 Å². The van der Waals surface area contributed by atoms with Gasteiger partial charge in [-0.15, -0.1) is 0 Å². The zero-order valence-corrected chi connectivity index (χ0v) is 11.5. The van der Waals surface area contributed by atoms with Gasteiger partial charge in [0.05, 0.1) is 13.7 Å². The van der Waals surface area contributed by atoms with E-state index < -0.39 is 0 Å². The Labute approximate surface area is 113 Å². The predicted octanol–water partition coefficient (Wildman–Crippen LogP) is 0.334. The summed E-state index contributed by atoms with van der Waals surface area (Å²) in [5.41, 5.74) is 1.15. The Hall–Kier alpha value is -1.69. The zero-order valence-electron chi connectivity index (χ0n) is 11.5. The van der Waals surface area contributed by atoms with Crippen LogP contribution in [0.15, 0.2) is 12.4 Å². The third-order valence-electron chi connectivity index (χ3n) is 3.34. The number of carbonyl (C=O) groups excluding carboxylic acids is 1. The number of rotatable bonds is 4. The van der Waals surface area contributed by atoms with E-state index >= 15 is 0 Å². The van der Waals surface area contributed by atoms with Crippen molar-refractivity contribution >= 4 is 11.9 Å². The number of nitrogens with zero attached hydrogens (tertiary/aromatic N) is 4. The number of esters is 1. The lowest BCUT2D eigenvalue weighted by atomic mass is 10.3. The molecular formula is C13H20N4O2. The van der Waals surface area contributed by atoms with Crippen LogP contribution in [-0.4, -0.2) is 60.7 Å². The van der Waals surface area contributed by atoms with Crippen molar-refractivity contribution in [2.24, 2.45) is 0 Å². The number of aryl methyl sites for hydroxylation is 1. The second kappa shape index (κ2) is 6.47. The molecule has 1 aliphatic rings. The Balaban J connectivity index is 1.86. The quantitative estimate of drug-likeness (QED) is 0.731. The molecule has 2 heterocycles. The van der Waals surface area contributed by atoms with Crippen molar-refractivity contribution in [3.05, 3.63) is 18.0 Å². The van der Waals surface area contributed by atoms with Crippen LogP contribution in [0.3, 0.4) is 0 Å². The standard InChI is InChI=1S/C13H20N4O2/c1-3-11-8-14-13(15-9-11)17-6-4-16(5-7-17)10-12(18)19-2/h8-9H,3-7,10H2,1-2H3. The fourth-order valence-electron chi connectivity index (χ4n) is 2.05. The normalized spacial score (nSPS) is 16.4. The van der Waals surface area contributed by atoms with Crippen LogP contribution in [0.1, 0.15) is 12.5 Å². The monoisotopic (exact) mass is 264 g/mol. The summed E-state index contributed by atoms with van der Waals surface area (Å²) in [6.45, 7) is 5.77. The van der Waals surface area contributed by atoms with Crippen molar-refractivity contribution in [1.82, 2.24) is 14.9 Å². The van der Waals surface area contributed by atoms with Crippen LogP contribution in [0, 0.1) is 0 Å². The van der Waals surface area contributed by atoms with E-state index in [1.54, 1.807) is 0 Å². The number of hydrogen-bond acceptors (Lipinski definition) is 6. The highest BCUT2D eigenvalue weighted by Gasteiger charge is 2.20. The van der Waals surface area contributed by atoms with Crippen molar-refractivity contribution < 1.29 is 9.53 Å². The van der Waals surface area contributed by atoms with Gasteiger partial charge in [0.25, 0.3) is 0 Å². The van der Waals surface area contributed by atoms with Crippen molar-refractivity contribution in [2.75, 3.05) is 44.7 Å². The Morgan fingerprint density at radius 1 is 1.26 bits per heavy atom. The molecule has 6 heteroatoms. The van der Waals surface area contributed by atoms with Gasteiger partial charge in [0, 0.05) is 38.6 Å².